The van der Waals surface area contributed by atoms with Crippen LogP contribution in [0.1, 0.15) is 57.0 Å². The summed E-state index contributed by atoms with van der Waals surface area (Å²) in [6.45, 7) is 13.9. The molecular formula is C21H33NO3SSi. The average molecular weight is 408 g/mol. The van der Waals surface area contributed by atoms with E-state index in [0.717, 1.165) is 5.01 Å². The summed E-state index contributed by atoms with van der Waals surface area (Å²) in [6, 6.07) is 0. The first-order chi connectivity index (χ1) is 12.7. The number of hydrogen-bond acceptors (Lipinski definition) is 5. The summed E-state index contributed by atoms with van der Waals surface area (Å²) in [4.78, 5) is 15.8. The average Bonchev–Trinajstić information content (AvgIpc) is 3.07. The number of carbonyl (C=O) groups excluding carboxylic acids is 1. The highest BCUT2D eigenvalue weighted by Gasteiger charge is 2.41. The summed E-state index contributed by atoms with van der Waals surface area (Å²) in [7, 11) is 1.32. The lowest BCUT2D eigenvalue weighted by molar-refractivity contribution is 0.0594. The molecule has 1 rings (SSSR count). The van der Waals surface area contributed by atoms with Crippen LogP contribution >= 0.6 is 11.3 Å². The number of nitrogens with zero attached hydrogens (tertiary/aromatic N) is 1. The third-order valence-electron chi connectivity index (χ3n) is 5.17. The molecule has 27 heavy (non-hydrogen) atoms. The summed E-state index contributed by atoms with van der Waals surface area (Å²) in [5, 5.41) is 2.56. The smallest absolute Gasteiger partial charge is 0.357 e. The molecule has 0 saturated carbocycles. The molecule has 0 radical (unpaired) electrons. The van der Waals surface area contributed by atoms with Gasteiger partial charge in [-0.1, -0.05) is 47.5 Å². The van der Waals surface area contributed by atoms with E-state index in [-0.39, 0.29) is 6.10 Å². The van der Waals surface area contributed by atoms with Crippen molar-refractivity contribution in [3.05, 3.63) is 28.2 Å². The topological polar surface area (TPSA) is 48.4 Å². The number of rotatable bonds is 8. The van der Waals surface area contributed by atoms with E-state index in [1.807, 2.05) is 12.2 Å². The van der Waals surface area contributed by atoms with Crippen LogP contribution in [0.15, 0.2) is 17.5 Å². The molecular weight excluding hydrogens is 374 g/mol. The standard InChI is InChI=1S/C21H33NO3SSi/c1-15(2)27(16(3)4,17(5)6)12-10-9-11-18(24-7)13-20-22-19(14-26-20)21(23)25-8/h9,11,14-18H,13H2,1-8H3/b11-9+/t18-/m0/s1. The lowest BCUT2D eigenvalue weighted by atomic mass is 10.2. The van der Waals surface area contributed by atoms with Crippen LogP contribution in [0, 0.1) is 11.5 Å². The first-order valence-corrected chi connectivity index (χ1v) is 12.5. The molecule has 150 valence electrons. The van der Waals surface area contributed by atoms with E-state index in [1.165, 1.54) is 18.4 Å². The van der Waals surface area contributed by atoms with E-state index in [1.54, 1.807) is 12.5 Å². The molecule has 1 atom stereocenters. The molecule has 1 heterocycles. The monoisotopic (exact) mass is 407 g/mol. The molecule has 0 aliphatic heterocycles. The number of hydrogen-bond donors (Lipinski definition) is 0. The predicted molar refractivity (Wildman–Crippen MR) is 116 cm³/mol. The zero-order chi connectivity index (χ0) is 20.6. The van der Waals surface area contributed by atoms with Gasteiger partial charge in [0.2, 0.25) is 0 Å². The molecule has 0 aromatic carbocycles. The molecule has 0 aliphatic rings. The molecule has 0 saturated heterocycles. The third-order valence-corrected chi connectivity index (χ3v) is 12.4. The Morgan fingerprint density at radius 3 is 2.26 bits per heavy atom. The quantitative estimate of drug-likeness (QED) is 0.335. The largest absolute Gasteiger partial charge is 0.464 e. The Morgan fingerprint density at radius 1 is 1.19 bits per heavy atom. The molecule has 0 aliphatic carbocycles. The summed E-state index contributed by atoms with van der Waals surface area (Å²) in [5.74, 6) is 2.90. The van der Waals surface area contributed by atoms with Crippen molar-refractivity contribution in [2.75, 3.05) is 14.2 Å². The Balaban J connectivity index is 2.89. The van der Waals surface area contributed by atoms with Crippen LogP contribution in [0.2, 0.25) is 16.6 Å². The van der Waals surface area contributed by atoms with Crippen molar-refractivity contribution in [3.8, 4) is 11.5 Å². The summed E-state index contributed by atoms with van der Waals surface area (Å²) in [6.07, 6.45) is 4.38. The van der Waals surface area contributed by atoms with Crippen molar-refractivity contribution in [2.45, 2.75) is 70.7 Å². The van der Waals surface area contributed by atoms with Gasteiger partial charge in [0.1, 0.15) is 8.07 Å². The maximum absolute atomic E-state index is 11.5. The lowest BCUT2D eigenvalue weighted by Crippen LogP contribution is -2.43. The Kier molecular flexibility index (Phi) is 9.44. The Bertz CT molecular complexity index is 676. The maximum Gasteiger partial charge on any atom is 0.357 e. The molecule has 0 N–H and O–H groups in total. The van der Waals surface area contributed by atoms with Gasteiger partial charge in [-0.05, 0) is 28.8 Å². The third kappa shape index (κ3) is 6.03. The lowest BCUT2D eigenvalue weighted by Gasteiger charge is -2.38. The van der Waals surface area contributed by atoms with Gasteiger partial charge in [-0.2, -0.15) is 0 Å². The van der Waals surface area contributed by atoms with Gasteiger partial charge in [0.05, 0.1) is 18.2 Å². The van der Waals surface area contributed by atoms with Gasteiger partial charge in [-0.25, -0.2) is 9.78 Å². The van der Waals surface area contributed by atoms with Gasteiger partial charge in [-0.3, -0.25) is 0 Å². The molecule has 0 unspecified atom stereocenters. The van der Waals surface area contributed by atoms with E-state index in [4.69, 9.17) is 9.47 Å². The molecule has 0 spiro atoms. The molecule has 0 amide bonds. The Hall–Kier alpha value is -1.42. The van der Waals surface area contributed by atoms with Gasteiger partial charge in [0.15, 0.2) is 5.69 Å². The fourth-order valence-corrected chi connectivity index (χ4v) is 9.77. The Labute approximate surface area is 169 Å². The normalized spacial score (nSPS) is 13.3. The van der Waals surface area contributed by atoms with E-state index in [0.29, 0.717) is 28.7 Å². The van der Waals surface area contributed by atoms with Crippen molar-refractivity contribution >= 4 is 25.4 Å². The number of ether oxygens (including phenoxy) is 2. The zero-order valence-electron chi connectivity index (χ0n) is 17.8. The van der Waals surface area contributed by atoms with E-state index < -0.39 is 14.0 Å². The van der Waals surface area contributed by atoms with Gasteiger partial charge < -0.3 is 9.47 Å². The summed E-state index contributed by atoms with van der Waals surface area (Å²) >= 11 is 1.44. The van der Waals surface area contributed by atoms with Crippen molar-refractivity contribution in [1.29, 1.82) is 0 Å². The number of carbonyl (C=O) groups is 1. The van der Waals surface area contributed by atoms with Crippen LogP contribution in [0.25, 0.3) is 0 Å². The highest BCUT2D eigenvalue weighted by atomic mass is 32.1. The molecule has 1 aromatic heterocycles. The second-order valence-electron chi connectivity index (χ2n) is 7.62. The maximum atomic E-state index is 11.5. The fourth-order valence-electron chi connectivity index (χ4n) is 3.76. The van der Waals surface area contributed by atoms with Crippen LogP contribution < -0.4 is 0 Å². The minimum atomic E-state index is -1.71. The first kappa shape index (κ1) is 23.6. The van der Waals surface area contributed by atoms with Gasteiger partial charge in [0, 0.05) is 18.9 Å². The molecule has 4 nitrogen and oxygen atoms in total. The van der Waals surface area contributed by atoms with Gasteiger partial charge in [-0.15, -0.1) is 16.9 Å². The van der Waals surface area contributed by atoms with Crippen LogP contribution in [0.3, 0.4) is 0 Å². The number of thiazole rings is 1. The Morgan fingerprint density at radius 2 is 1.78 bits per heavy atom. The van der Waals surface area contributed by atoms with Crippen LogP contribution in [0.5, 0.6) is 0 Å². The summed E-state index contributed by atoms with van der Waals surface area (Å²) in [5.41, 5.74) is 5.86. The van der Waals surface area contributed by atoms with Crippen molar-refractivity contribution in [3.63, 3.8) is 0 Å². The fraction of sp³-hybridized carbons (Fsp3) is 0.619. The molecule has 0 fully saturated rings. The van der Waals surface area contributed by atoms with Gasteiger partial charge in [0.25, 0.3) is 0 Å². The van der Waals surface area contributed by atoms with E-state index in [2.05, 4.69) is 58.0 Å². The minimum absolute atomic E-state index is 0.121. The van der Waals surface area contributed by atoms with Crippen LogP contribution in [-0.2, 0) is 15.9 Å². The van der Waals surface area contributed by atoms with Crippen LogP contribution in [0.4, 0.5) is 0 Å². The first-order valence-electron chi connectivity index (χ1n) is 9.43. The highest BCUT2D eigenvalue weighted by Crippen LogP contribution is 2.40. The molecule has 6 heteroatoms. The number of allylic oxidation sites excluding steroid dienone is 1. The van der Waals surface area contributed by atoms with E-state index in [9.17, 15) is 4.79 Å². The van der Waals surface area contributed by atoms with Crippen molar-refractivity contribution in [2.24, 2.45) is 0 Å². The highest BCUT2D eigenvalue weighted by molar-refractivity contribution is 7.09. The van der Waals surface area contributed by atoms with Gasteiger partial charge >= 0.3 is 5.97 Å². The second-order valence-corrected chi connectivity index (χ2v) is 14.1. The predicted octanol–water partition coefficient (Wildman–Crippen LogP) is 5.26. The number of esters is 1. The van der Waals surface area contributed by atoms with E-state index >= 15 is 0 Å². The number of methoxy groups -OCH3 is 2. The minimum Gasteiger partial charge on any atom is -0.464 e. The molecule has 1 aromatic rings. The SMILES string of the molecule is COC(=O)c1csc(C[C@H](/C=C/C#C[Si](C(C)C)(C(C)C)C(C)C)OC)n1. The van der Waals surface area contributed by atoms with Crippen molar-refractivity contribution in [1.82, 2.24) is 4.98 Å². The van der Waals surface area contributed by atoms with Crippen molar-refractivity contribution < 1.29 is 14.3 Å². The number of aromatic nitrogens is 1. The second kappa shape index (κ2) is 10.8. The molecule has 0 bridgehead atoms. The van der Waals surface area contributed by atoms with Crippen LogP contribution in [-0.4, -0.2) is 39.4 Å². The summed E-state index contributed by atoms with van der Waals surface area (Å²) < 4.78 is 10.2. The zero-order valence-corrected chi connectivity index (χ0v) is 19.6.